The first-order valence-electron chi connectivity index (χ1n) is 9.55. The summed E-state index contributed by atoms with van der Waals surface area (Å²) < 4.78 is 0. The van der Waals surface area contributed by atoms with Gasteiger partial charge in [0.2, 0.25) is 0 Å². The first kappa shape index (κ1) is 22.4. The molecule has 3 N–H and O–H groups in total. The van der Waals surface area contributed by atoms with Gasteiger partial charge in [-0.1, -0.05) is 6.07 Å². The van der Waals surface area contributed by atoms with Gasteiger partial charge in [-0.3, -0.25) is 9.98 Å². The van der Waals surface area contributed by atoms with Crippen LogP contribution in [0.15, 0.2) is 53.9 Å². The van der Waals surface area contributed by atoms with Crippen molar-refractivity contribution in [3.8, 4) is 0 Å². The van der Waals surface area contributed by atoms with E-state index in [1.165, 1.54) is 0 Å². The highest BCUT2D eigenvalue weighted by Gasteiger charge is 2.20. The Balaban J connectivity index is 0.00000280. The van der Waals surface area contributed by atoms with Gasteiger partial charge in [-0.2, -0.15) is 0 Å². The van der Waals surface area contributed by atoms with E-state index in [-0.39, 0.29) is 24.0 Å². The zero-order valence-corrected chi connectivity index (χ0v) is 18.5. The molecule has 152 valence electrons. The number of nitrogens with one attached hydrogen (secondary N) is 2. The van der Waals surface area contributed by atoms with Gasteiger partial charge >= 0.3 is 0 Å². The van der Waals surface area contributed by atoms with E-state index in [1.807, 2.05) is 37.4 Å². The second-order valence-corrected chi connectivity index (χ2v) is 6.61. The smallest absolute Gasteiger partial charge is 0.191 e. The monoisotopic (exact) mass is 496 g/mol. The fourth-order valence-electron chi connectivity index (χ4n) is 3.18. The van der Waals surface area contributed by atoms with Crippen LogP contribution in [0.2, 0.25) is 0 Å². The predicted molar refractivity (Wildman–Crippen MR) is 123 cm³/mol. The minimum atomic E-state index is -0.630. The molecule has 0 bridgehead atoms. The third-order valence-corrected chi connectivity index (χ3v) is 4.67. The molecule has 0 spiro atoms. The minimum absolute atomic E-state index is 0. The Morgan fingerprint density at radius 2 is 1.96 bits per heavy atom. The summed E-state index contributed by atoms with van der Waals surface area (Å²) in [6.07, 6.45) is 6.61. The number of anilines is 1. The molecule has 1 aliphatic rings. The van der Waals surface area contributed by atoms with Crippen LogP contribution in [0.5, 0.6) is 0 Å². The van der Waals surface area contributed by atoms with Gasteiger partial charge in [0.05, 0.1) is 12.6 Å². The number of hydrogen-bond donors (Lipinski definition) is 3. The van der Waals surface area contributed by atoms with Crippen LogP contribution < -0.4 is 15.5 Å². The van der Waals surface area contributed by atoms with Crippen molar-refractivity contribution in [1.82, 2.24) is 20.6 Å². The number of nitrogens with zero attached hydrogens (tertiary/aromatic N) is 4. The fraction of sp³-hybridized carbons (Fsp3) is 0.450. The second-order valence-electron chi connectivity index (χ2n) is 6.61. The number of piperidine rings is 1. The maximum atomic E-state index is 10.3. The van der Waals surface area contributed by atoms with E-state index in [4.69, 9.17) is 0 Å². The van der Waals surface area contributed by atoms with Crippen LogP contribution in [0.25, 0.3) is 0 Å². The highest BCUT2D eigenvalue weighted by atomic mass is 127. The maximum absolute atomic E-state index is 10.3. The van der Waals surface area contributed by atoms with Crippen LogP contribution in [0, 0.1) is 0 Å². The van der Waals surface area contributed by atoms with Crippen LogP contribution >= 0.6 is 24.0 Å². The molecule has 2 aromatic heterocycles. The lowest BCUT2D eigenvalue weighted by molar-refractivity contribution is 0.187. The molecular weight excluding hydrogens is 467 g/mol. The number of aromatic nitrogens is 2. The molecule has 2 aromatic rings. The predicted octanol–water partition coefficient (Wildman–Crippen LogP) is 2.35. The van der Waals surface area contributed by atoms with Crippen molar-refractivity contribution < 1.29 is 5.11 Å². The van der Waals surface area contributed by atoms with Gasteiger partial charge < -0.3 is 20.6 Å². The van der Waals surface area contributed by atoms with E-state index in [0.29, 0.717) is 12.6 Å². The topological polar surface area (TPSA) is 85.7 Å². The van der Waals surface area contributed by atoms with Crippen molar-refractivity contribution in [3.63, 3.8) is 0 Å². The molecule has 0 radical (unpaired) electrons. The molecule has 7 nitrogen and oxygen atoms in total. The zero-order chi connectivity index (χ0) is 18.9. The van der Waals surface area contributed by atoms with Crippen molar-refractivity contribution in [2.45, 2.75) is 31.9 Å². The molecule has 28 heavy (non-hydrogen) atoms. The maximum Gasteiger partial charge on any atom is 0.191 e. The Morgan fingerprint density at radius 1 is 1.21 bits per heavy atom. The highest BCUT2D eigenvalue weighted by Crippen LogP contribution is 2.17. The first-order chi connectivity index (χ1) is 13.3. The van der Waals surface area contributed by atoms with Crippen LogP contribution in [-0.4, -0.2) is 53.3 Å². The van der Waals surface area contributed by atoms with Crippen LogP contribution in [0.4, 0.5) is 5.82 Å². The van der Waals surface area contributed by atoms with Gasteiger partial charge in [0.1, 0.15) is 5.82 Å². The summed E-state index contributed by atoms with van der Waals surface area (Å²) in [5.41, 5.74) is 0.827. The van der Waals surface area contributed by atoms with Crippen LogP contribution in [0.3, 0.4) is 0 Å². The first-order valence-corrected chi connectivity index (χ1v) is 9.55. The van der Waals surface area contributed by atoms with Gasteiger partial charge in [-0.25, -0.2) is 4.98 Å². The number of hydrogen-bond acceptors (Lipinski definition) is 5. The molecule has 1 fully saturated rings. The number of aliphatic imine (C=N–C) groups is 1. The van der Waals surface area contributed by atoms with E-state index in [0.717, 1.165) is 49.8 Å². The molecular formula is C20H29IN6O. The Hall–Kier alpha value is -1.94. The summed E-state index contributed by atoms with van der Waals surface area (Å²) in [4.78, 5) is 15.3. The Bertz CT molecular complexity index is 707. The zero-order valence-electron chi connectivity index (χ0n) is 16.2. The van der Waals surface area contributed by atoms with Crippen molar-refractivity contribution in [2.75, 3.05) is 31.1 Å². The summed E-state index contributed by atoms with van der Waals surface area (Å²) >= 11 is 0. The third kappa shape index (κ3) is 6.59. The van der Waals surface area contributed by atoms with E-state index < -0.39 is 6.10 Å². The summed E-state index contributed by atoms with van der Waals surface area (Å²) in [6, 6.07) is 10.0. The highest BCUT2D eigenvalue weighted by molar-refractivity contribution is 14.0. The Morgan fingerprint density at radius 3 is 2.61 bits per heavy atom. The number of aliphatic hydroxyl groups is 1. The average molecular weight is 496 g/mol. The molecule has 0 saturated carbocycles. The summed E-state index contributed by atoms with van der Waals surface area (Å²) in [6.45, 7) is 5.07. The second kappa shape index (κ2) is 11.8. The van der Waals surface area contributed by atoms with Gasteiger partial charge in [0.25, 0.3) is 0 Å². The number of halogens is 1. The number of guanidine groups is 1. The normalized spacial score (nSPS) is 16.2. The van der Waals surface area contributed by atoms with Crippen LogP contribution in [-0.2, 0) is 0 Å². The largest absolute Gasteiger partial charge is 0.386 e. The van der Waals surface area contributed by atoms with Crippen molar-refractivity contribution >= 4 is 35.8 Å². The van der Waals surface area contributed by atoms with Crippen LogP contribution in [0.1, 0.15) is 31.4 Å². The summed E-state index contributed by atoms with van der Waals surface area (Å²) in [7, 11) is 0. The Labute approximate surface area is 183 Å². The lowest BCUT2D eigenvalue weighted by atomic mass is 10.1. The molecule has 1 aliphatic heterocycles. The summed E-state index contributed by atoms with van der Waals surface area (Å²) in [5, 5.41) is 17.1. The quantitative estimate of drug-likeness (QED) is 0.324. The number of rotatable bonds is 6. The van der Waals surface area contributed by atoms with Gasteiger partial charge in [0, 0.05) is 44.3 Å². The van der Waals surface area contributed by atoms with Gasteiger partial charge in [-0.05, 0) is 49.6 Å². The standard InChI is InChI=1S/C20H28N6O.HI/c1-2-22-20(24-15-18(27)16-6-11-21-12-7-16)25-17-8-13-26(14-9-17)19-5-3-4-10-23-19;/h3-7,10-12,17-18,27H,2,8-9,13-15H2,1H3,(H2,22,24,25);1H. The molecule has 1 unspecified atom stereocenters. The van der Waals surface area contributed by atoms with Gasteiger partial charge in [0.15, 0.2) is 5.96 Å². The molecule has 1 saturated heterocycles. The lowest BCUT2D eigenvalue weighted by Crippen LogP contribution is -2.49. The molecule has 3 heterocycles. The number of pyridine rings is 2. The van der Waals surface area contributed by atoms with Gasteiger partial charge in [-0.15, -0.1) is 24.0 Å². The molecule has 3 rings (SSSR count). The van der Waals surface area contributed by atoms with E-state index in [9.17, 15) is 5.11 Å². The fourth-order valence-corrected chi connectivity index (χ4v) is 3.18. The SMILES string of the molecule is CCNC(=NCC(O)c1ccncc1)NC1CCN(c2ccccn2)CC1.I. The lowest BCUT2D eigenvalue weighted by Gasteiger charge is -2.33. The van der Waals surface area contributed by atoms with Crippen molar-refractivity contribution in [1.29, 1.82) is 0 Å². The van der Waals surface area contributed by atoms with E-state index in [1.54, 1.807) is 12.4 Å². The van der Waals surface area contributed by atoms with E-state index in [2.05, 4.69) is 36.6 Å². The molecule has 0 aliphatic carbocycles. The average Bonchev–Trinajstić information content (AvgIpc) is 2.74. The van der Waals surface area contributed by atoms with Crippen molar-refractivity contribution in [2.24, 2.45) is 4.99 Å². The number of aliphatic hydroxyl groups excluding tert-OH is 1. The molecule has 8 heteroatoms. The van der Waals surface area contributed by atoms with Crippen molar-refractivity contribution in [3.05, 3.63) is 54.5 Å². The summed E-state index contributed by atoms with van der Waals surface area (Å²) in [5.74, 6) is 1.79. The minimum Gasteiger partial charge on any atom is -0.386 e. The third-order valence-electron chi connectivity index (χ3n) is 4.67. The molecule has 1 atom stereocenters. The van der Waals surface area contributed by atoms with E-state index >= 15 is 0 Å². The Kier molecular flexibility index (Phi) is 9.42. The molecule has 0 amide bonds. The molecule has 0 aromatic carbocycles.